The third kappa shape index (κ3) is 3.96. The van der Waals surface area contributed by atoms with Gasteiger partial charge in [-0.15, -0.1) is 4.72 Å². The first kappa shape index (κ1) is 23.1. The Morgan fingerprint density at radius 1 is 1.24 bits per heavy atom. The number of fused-ring (bicyclic) bond motifs is 2. The van der Waals surface area contributed by atoms with Crippen molar-refractivity contribution >= 4 is 38.6 Å². The molecule has 1 unspecified atom stereocenters. The van der Waals surface area contributed by atoms with E-state index in [1.807, 2.05) is 57.6 Å². The molecule has 33 heavy (non-hydrogen) atoms. The highest BCUT2D eigenvalue weighted by Crippen LogP contribution is 2.53. The fourth-order valence-corrected chi connectivity index (χ4v) is 6.55. The average molecular weight is 532 g/mol. The normalized spacial score (nSPS) is 21.1. The predicted molar refractivity (Wildman–Crippen MR) is 136 cm³/mol. The van der Waals surface area contributed by atoms with Crippen molar-refractivity contribution in [2.24, 2.45) is 5.41 Å². The number of hydrogen-bond acceptors (Lipinski definition) is 6. The maximum absolute atomic E-state index is 13.1. The number of pyridine rings is 1. The number of halogens is 1. The first-order valence-corrected chi connectivity index (χ1v) is 13.4. The lowest BCUT2D eigenvalue weighted by Gasteiger charge is -2.44. The number of nitrogens with zero attached hydrogens (tertiary/aromatic N) is 5. The Morgan fingerprint density at radius 3 is 2.67 bits per heavy atom. The van der Waals surface area contributed by atoms with Gasteiger partial charge in [-0.2, -0.15) is 5.10 Å². The van der Waals surface area contributed by atoms with Gasteiger partial charge in [0, 0.05) is 41.8 Å². The number of piperidine rings is 1. The molecule has 2 aliphatic rings. The number of nitrogens with one attached hydrogen (secondary N) is 1. The van der Waals surface area contributed by atoms with E-state index in [4.69, 9.17) is 4.98 Å². The molecule has 1 aliphatic carbocycles. The smallest absolute Gasteiger partial charge is 0.155 e. The molecule has 4 heterocycles. The SMILES string of the molecule is Cc1cc2c(cn1)[C@@H](N[S+]([O-])C(C)(C)C)C1(CCN(c3nc(C)c(Br)n4nccc34)CC1)C2. The lowest BCUT2D eigenvalue weighted by atomic mass is 9.73. The molecule has 1 saturated heterocycles. The van der Waals surface area contributed by atoms with Gasteiger partial charge < -0.3 is 9.45 Å². The minimum Gasteiger partial charge on any atom is -0.598 e. The molecule has 1 fully saturated rings. The fraction of sp³-hybridized carbons (Fsp3) is 0.542. The van der Waals surface area contributed by atoms with Gasteiger partial charge in [0.25, 0.3) is 0 Å². The number of aryl methyl sites for hydroxylation is 2. The molecule has 0 amide bonds. The first-order chi connectivity index (χ1) is 15.6. The van der Waals surface area contributed by atoms with Crippen molar-refractivity contribution in [2.45, 2.75) is 64.7 Å². The van der Waals surface area contributed by atoms with Crippen molar-refractivity contribution in [3.8, 4) is 0 Å². The van der Waals surface area contributed by atoms with E-state index in [-0.39, 0.29) is 16.2 Å². The van der Waals surface area contributed by atoms with Gasteiger partial charge in [0.15, 0.2) is 5.82 Å². The van der Waals surface area contributed by atoms with E-state index >= 15 is 0 Å². The second kappa shape index (κ2) is 8.22. The molecule has 2 atom stereocenters. The van der Waals surface area contributed by atoms with E-state index in [0.717, 1.165) is 59.7 Å². The molecule has 176 valence electrons. The summed E-state index contributed by atoms with van der Waals surface area (Å²) in [5, 5.41) is 4.46. The van der Waals surface area contributed by atoms with Crippen LogP contribution in [0.15, 0.2) is 29.1 Å². The van der Waals surface area contributed by atoms with Crippen molar-refractivity contribution in [3.63, 3.8) is 0 Å². The maximum Gasteiger partial charge on any atom is 0.155 e. The van der Waals surface area contributed by atoms with Crippen molar-refractivity contribution in [1.82, 2.24) is 24.3 Å². The van der Waals surface area contributed by atoms with Gasteiger partial charge in [-0.05, 0) is 93.1 Å². The Morgan fingerprint density at radius 2 is 1.97 bits per heavy atom. The lowest BCUT2D eigenvalue weighted by Crippen LogP contribution is -2.50. The zero-order valence-electron chi connectivity index (χ0n) is 19.9. The zero-order valence-corrected chi connectivity index (χ0v) is 22.3. The van der Waals surface area contributed by atoms with Crippen LogP contribution in [0.1, 0.15) is 62.2 Å². The van der Waals surface area contributed by atoms with Crippen molar-refractivity contribution in [1.29, 1.82) is 0 Å². The molecular weight excluding hydrogens is 500 g/mol. The number of aromatic nitrogens is 4. The highest BCUT2D eigenvalue weighted by molar-refractivity contribution is 9.10. The van der Waals surface area contributed by atoms with Gasteiger partial charge in [0.1, 0.15) is 14.9 Å². The molecule has 7 nitrogen and oxygen atoms in total. The minimum atomic E-state index is -1.15. The Bertz CT molecular complexity index is 1200. The summed E-state index contributed by atoms with van der Waals surface area (Å²) in [6.07, 6.45) is 6.81. The zero-order chi connectivity index (χ0) is 23.5. The highest BCUT2D eigenvalue weighted by Gasteiger charge is 2.51. The average Bonchev–Trinajstić information content (AvgIpc) is 3.35. The second-order valence-corrected chi connectivity index (χ2v) is 13.2. The summed E-state index contributed by atoms with van der Waals surface area (Å²) in [7, 11) is 0. The topological polar surface area (TPSA) is 81.4 Å². The van der Waals surface area contributed by atoms with E-state index in [0.29, 0.717) is 0 Å². The molecule has 9 heteroatoms. The Balaban J connectivity index is 1.45. The maximum atomic E-state index is 13.1. The van der Waals surface area contributed by atoms with Crippen molar-refractivity contribution < 1.29 is 4.55 Å². The van der Waals surface area contributed by atoms with Gasteiger partial charge in [-0.3, -0.25) is 4.98 Å². The van der Waals surface area contributed by atoms with Crippen molar-refractivity contribution in [3.05, 3.63) is 51.6 Å². The summed E-state index contributed by atoms with van der Waals surface area (Å²) in [5.41, 5.74) is 5.56. The summed E-state index contributed by atoms with van der Waals surface area (Å²) in [4.78, 5) is 11.9. The molecule has 0 radical (unpaired) electrons. The lowest BCUT2D eigenvalue weighted by molar-refractivity contribution is 0.176. The highest BCUT2D eigenvalue weighted by atomic mass is 79.9. The Kier molecular flexibility index (Phi) is 5.75. The van der Waals surface area contributed by atoms with Gasteiger partial charge in [-0.1, -0.05) is 0 Å². The van der Waals surface area contributed by atoms with E-state index in [9.17, 15) is 4.55 Å². The molecule has 0 bridgehead atoms. The second-order valence-electron chi connectivity index (χ2n) is 10.4. The van der Waals surface area contributed by atoms with E-state index < -0.39 is 11.4 Å². The van der Waals surface area contributed by atoms with Crippen LogP contribution in [-0.2, 0) is 17.8 Å². The fourth-order valence-electron chi connectivity index (χ4n) is 5.23. The van der Waals surface area contributed by atoms with Crippen molar-refractivity contribution in [2.75, 3.05) is 18.0 Å². The number of anilines is 1. The van der Waals surface area contributed by atoms with Crippen LogP contribution in [0.2, 0.25) is 0 Å². The molecular formula is C24H31BrN6OS. The van der Waals surface area contributed by atoms with Crippen LogP contribution in [-0.4, -0.2) is 42.0 Å². The van der Waals surface area contributed by atoms with Crippen LogP contribution in [0.4, 0.5) is 5.82 Å². The summed E-state index contributed by atoms with van der Waals surface area (Å²) >= 11 is 2.46. The van der Waals surface area contributed by atoms with Crippen LogP contribution in [0.3, 0.4) is 0 Å². The molecule has 1 spiro atoms. The van der Waals surface area contributed by atoms with Gasteiger partial charge in [-0.25, -0.2) is 9.50 Å². The number of hydrogen-bond donors (Lipinski definition) is 1. The summed E-state index contributed by atoms with van der Waals surface area (Å²) in [6, 6.07) is 4.27. The quantitative estimate of drug-likeness (QED) is 0.504. The predicted octanol–water partition coefficient (Wildman–Crippen LogP) is 4.44. The molecule has 3 aromatic heterocycles. The largest absolute Gasteiger partial charge is 0.598 e. The van der Waals surface area contributed by atoms with E-state index in [2.05, 4.69) is 41.7 Å². The summed E-state index contributed by atoms with van der Waals surface area (Å²) in [6.45, 7) is 11.9. The Labute approximate surface area is 206 Å². The van der Waals surface area contributed by atoms with Gasteiger partial charge >= 0.3 is 0 Å². The first-order valence-electron chi connectivity index (χ1n) is 11.5. The monoisotopic (exact) mass is 530 g/mol. The van der Waals surface area contributed by atoms with E-state index in [1.54, 1.807) is 0 Å². The molecule has 0 aromatic carbocycles. The summed E-state index contributed by atoms with van der Waals surface area (Å²) < 4.78 is 19.2. The molecule has 1 aliphatic heterocycles. The van der Waals surface area contributed by atoms with E-state index in [1.165, 1.54) is 11.1 Å². The molecule has 1 N–H and O–H groups in total. The molecule has 3 aromatic rings. The van der Waals surface area contributed by atoms with Gasteiger partial charge in [0.2, 0.25) is 0 Å². The van der Waals surface area contributed by atoms with Crippen LogP contribution in [0.25, 0.3) is 5.52 Å². The van der Waals surface area contributed by atoms with Crippen LogP contribution < -0.4 is 9.62 Å². The minimum absolute atomic E-state index is 0.0240. The van der Waals surface area contributed by atoms with Crippen LogP contribution >= 0.6 is 15.9 Å². The number of rotatable bonds is 3. The third-order valence-electron chi connectivity index (χ3n) is 7.10. The third-order valence-corrected chi connectivity index (χ3v) is 9.57. The van der Waals surface area contributed by atoms with Crippen LogP contribution in [0.5, 0.6) is 0 Å². The summed E-state index contributed by atoms with van der Waals surface area (Å²) in [5.74, 6) is 0.985. The molecule has 5 rings (SSSR count). The van der Waals surface area contributed by atoms with Gasteiger partial charge in [0.05, 0.1) is 17.9 Å². The Hall–Kier alpha value is -1.68. The van der Waals surface area contributed by atoms with Crippen LogP contribution in [0, 0.1) is 19.3 Å². The molecule has 0 saturated carbocycles. The standard InChI is InChI=1S/C24H31BrN6OS/c1-15-12-17-13-24(20(18(17)14-26-15)29-33(32)23(3,4)5)7-10-30(11-8-24)22-19-6-9-27-31(19)21(25)16(2)28-22/h6,9,12,14,20,29H,7-8,10-11,13H2,1-5H3/t20-,33?/m1/s1.